The predicted octanol–water partition coefficient (Wildman–Crippen LogP) is 3.72. The van der Waals surface area contributed by atoms with Crippen molar-refractivity contribution in [3.05, 3.63) is 28.8 Å². The van der Waals surface area contributed by atoms with Crippen molar-refractivity contribution in [2.75, 3.05) is 21.3 Å². The van der Waals surface area contributed by atoms with Crippen molar-refractivity contribution in [2.24, 2.45) is 0 Å². The Balaban J connectivity index is 2.97. The Morgan fingerprint density at radius 1 is 1.00 bits per heavy atom. The lowest BCUT2D eigenvalue weighted by molar-refractivity contribution is 0.101. The van der Waals surface area contributed by atoms with Crippen molar-refractivity contribution in [1.29, 1.82) is 0 Å². The van der Waals surface area contributed by atoms with Crippen LogP contribution in [0.2, 0.25) is 5.02 Å². The van der Waals surface area contributed by atoms with E-state index in [0.717, 1.165) is 5.39 Å². The fraction of sp³-hybridized carbons (Fsp3) is 0.267. The molecule has 0 bridgehead atoms. The highest BCUT2D eigenvalue weighted by Gasteiger charge is 2.18. The third-order valence-electron chi connectivity index (χ3n) is 3.12. The van der Waals surface area contributed by atoms with E-state index in [1.165, 1.54) is 21.1 Å². The van der Waals surface area contributed by atoms with E-state index in [1.807, 2.05) is 0 Å². The van der Waals surface area contributed by atoms with E-state index in [0.29, 0.717) is 33.2 Å². The van der Waals surface area contributed by atoms with Gasteiger partial charge in [-0.1, -0.05) is 11.6 Å². The van der Waals surface area contributed by atoms with Crippen LogP contribution in [0.3, 0.4) is 0 Å². The van der Waals surface area contributed by atoms with Gasteiger partial charge < -0.3 is 14.2 Å². The monoisotopic (exact) mass is 294 g/mol. The summed E-state index contributed by atoms with van der Waals surface area (Å²) < 4.78 is 16.1. The summed E-state index contributed by atoms with van der Waals surface area (Å²) in [6.07, 6.45) is 0. The number of hydrogen-bond acceptors (Lipinski definition) is 4. The second-order valence-electron chi connectivity index (χ2n) is 4.25. The van der Waals surface area contributed by atoms with E-state index in [1.54, 1.807) is 25.3 Å². The number of ether oxygens (including phenoxy) is 3. The van der Waals surface area contributed by atoms with Gasteiger partial charge in [0.1, 0.15) is 17.2 Å². The molecule has 106 valence electrons. The maximum Gasteiger partial charge on any atom is 0.159 e. The molecule has 4 nitrogen and oxygen atoms in total. The summed E-state index contributed by atoms with van der Waals surface area (Å²) in [6.45, 7) is 1.50. The van der Waals surface area contributed by atoms with Crippen LogP contribution in [0.25, 0.3) is 10.8 Å². The lowest BCUT2D eigenvalue weighted by Crippen LogP contribution is -1.98. The van der Waals surface area contributed by atoms with Crippen molar-refractivity contribution in [1.82, 2.24) is 0 Å². The summed E-state index contributed by atoms with van der Waals surface area (Å²) in [5.74, 6) is 1.52. The minimum Gasteiger partial charge on any atom is -0.496 e. The van der Waals surface area contributed by atoms with Gasteiger partial charge in [0.05, 0.1) is 31.7 Å². The largest absolute Gasteiger partial charge is 0.496 e. The second kappa shape index (κ2) is 5.59. The van der Waals surface area contributed by atoms with Gasteiger partial charge in [-0.25, -0.2) is 0 Å². The van der Waals surface area contributed by atoms with Crippen LogP contribution in [0.5, 0.6) is 17.2 Å². The van der Waals surface area contributed by atoms with Gasteiger partial charge in [0.25, 0.3) is 0 Å². The van der Waals surface area contributed by atoms with Crippen molar-refractivity contribution >= 4 is 28.2 Å². The summed E-state index contributed by atoms with van der Waals surface area (Å²) in [6, 6.07) is 5.08. The SMILES string of the molecule is COc1cc(Cl)c(OC)c2c(OC)cc(C(C)=O)cc12. The van der Waals surface area contributed by atoms with E-state index in [-0.39, 0.29) is 5.78 Å². The number of rotatable bonds is 4. The summed E-state index contributed by atoms with van der Waals surface area (Å²) in [5, 5.41) is 1.83. The molecule has 0 radical (unpaired) electrons. The summed E-state index contributed by atoms with van der Waals surface area (Å²) in [5.41, 5.74) is 0.539. The summed E-state index contributed by atoms with van der Waals surface area (Å²) >= 11 is 6.19. The molecule has 0 aromatic heterocycles. The Bertz CT molecular complexity index is 679. The third-order valence-corrected chi connectivity index (χ3v) is 3.40. The molecule has 0 N–H and O–H groups in total. The lowest BCUT2D eigenvalue weighted by atomic mass is 10.0. The summed E-state index contributed by atoms with van der Waals surface area (Å²) in [7, 11) is 4.61. The van der Waals surface area contributed by atoms with E-state index in [9.17, 15) is 4.79 Å². The van der Waals surface area contributed by atoms with Crippen molar-refractivity contribution < 1.29 is 19.0 Å². The van der Waals surface area contributed by atoms with Crippen LogP contribution in [0.1, 0.15) is 17.3 Å². The molecular formula is C15H15ClO4. The zero-order chi connectivity index (χ0) is 14.9. The number of carbonyl (C=O) groups excluding carboxylic acids is 1. The fourth-order valence-electron chi connectivity index (χ4n) is 2.15. The number of Topliss-reactive ketones (excluding diaryl/α,β-unsaturated/α-hetero) is 1. The molecule has 5 heteroatoms. The average Bonchev–Trinajstić information content (AvgIpc) is 2.45. The fourth-order valence-corrected chi connectivity index (χ4v) is 2.43. The number of methoxy groups -OCH3 is 3. The molecule has 0 aliphatic carbocycles. The average molecular weight is 295 g/mol. The van der Waals surface area contributed by atoms with E-state index in [4.69, 9.17) is 25.8 Å². The molecule has 0 aliphatic rings. The lowest BCUT2D eigenvalue weighted by Gasteiger charge is -2.15. The number of ketones is 1. The molecule has 2 aromatic rings. The Hall–Kier alpha value is -1.94. The van der Waals surface area contributed by atoms with Gasteiger partial charge in [-0.05, 0) is 19.1 Å². The Labute approximate surface area is 122 Å². The molecule has 2 rings (SSSR count). The maximum atomic E-state index is 11.6. The van der Waals surface area contributed by atoms with Crippen LogP contribution < -0.4 is 14.2 Å². The molecule has 0 spiro atoms. The second-order valence-corrected chi connectivity index (χ2v) is 4.66. The quantitative estimate of drug-likeness (QED) is 0.806. The molecule has 0 amide bonds. The van der Waals surface area contributed by atoms with Crippen LogP contribution in [-0.2, 0) is 0 Å². The topological polar surface area (TPSA) is 44.8 Å². The van der Waals surface area contributed by atoms with E-state index in [2.05, 4.69) is 0 Å². The molecule has 20 heavy (non-hydrogen) atoms. The smallest absolute Gasteiger partial charge is 0.159 e. The first-order chi connectivity index (χ1) is 9.53. The van der Waals surface area contributed by atoms with E-state index < -0.39 is 0 Å². The van der Waals surface area contributed by atoms with Gasteiger partial charge in [-0.15, -0.1) is 0 Å². The zero-order valence-corrected chi connectivity index (χ0v) is 12.5. The Morgan fingerprint density at radius 3 is 2.15 bits per heavy atom. The number of fused-ring (bicyclic) bond motifs is 1. The van der Waals surface area contributed by atoms with Crippen LogP contribution in [0.15, 0.2) is 18.2 Å². The van der Waals surface area contributed by atoms with Crippen LogP contribution in [0.4, 0.5) is 0 Å². The number of benzene rings is 2. The van der Waals surface area contributed by atoms with Gasteiger partial charge in [0.2, 0.25) is 0 Å². The molecular weight excluding hydrogens is 280 g/mol. The number of halogens is 1. The van der Waals surface area contributed by atoms with Gasteiger partial charge in [0, 0.05) is 17.0 Å². The first kappa shape index (κ1) is 14.5. The Kier molecular flexibility index (Phi) is 4.04. The van der Waals surface area contributed by atoms with Crippen molar-refractivity contribution in [3.8, 4) is 17.2 Å². The molecule has 0 aliphatic heterocycles. The standard InChI is InChI=1S/C15H15ClO4/c1-8(17)9-5-10-12(18-2)7-11(16)15(20-4)14(10)13(6-9)19-3/h5-7H,1-4H3. The molecule has 0 atom stereocenters. The van der Waals surface area contributed by atoms with Crippen LogP contribution >= 0.6 is 11.6 Å². The first-order valence-corrected chi connectivity index (χ1v) is 6.34. The van der Waals surface area contributed by atoms with Gasteiger partial charge in [-0.2, -0.15) is 0 Å². The number of hydrogen-bond donors (Lipinski definition) is 0. The molecule has 2 aromatic carbocycles. The van der Waals surface area contributed by atoms with Gasteiger partial charge >= 0.3 is 0 Å². The van der Waals surface area contributed by atoms with E-state index >= 15 is 0 Å². The van der Waals surface area contributed by atoms with Gasteiger partial charge in [-0.3, -0.25) is 4.79 Å². The van der Waals surface area contributed by atoms with Crippen molar-refractivity contribution in [2.45, 2.75) is 6.92 Å². The minimum atomic E-state index is -0.0545. The molecule has 0 saturated carbocycles. The number of carbonyl (C=O) groups is 1. The van der Waals surface area contributed by atoms with Crippen molar-refractivity contribution in [3.63, 3.8) is 0 Å². The van der Waals surface area contributed by atoms with Crippen LogP contribution in [0, 0.1) is 0 Å². The summed E-state index contributed by atoms with van der Waals surface area (Å²) in [4.78, 5) is 11.6. The van der Waals surface area contributed by atoms with Gasteiger partial charge in [0.15, 0.2) is 5.78 Å². The molecule has 0 heterocycles. The minimum absolute atomic E-state index is 0.0545. The highest BCUT2D eigenvalue weighted by atomic mass is 35.5. The molecule has 0 saturated heterocycles. The maximum absolute atomic E-state index is 11.6. The predicted molar refractivity (Wildman–Crippen MR) is 78.6 cm³/mol. The molecule has 0 unspecified atom stereocenters. The Morgan fingerprint density at radius 2 is 1.65 bits per heavy atom. The third kappa shape index (κ3) is 2.27. The van der Waals surface area contributed by atoms with Crippen LogP contribution in [-0.4, -0.2) is 27.1 Å². The highest BCUT2D eigenvalue weighted by molar-refractivity contribution is 6.34. The zero-order valence-electron chi connectivity index (χ0n) is 11.7. The normalized spacial score (nSPS) is 10.4. The highest BCUT2D eigenvalue weighted by Crippen LogP contribution is 2.44. The first-order valence-electron chi connectivity index (χ1n) is 5.96. The molecule has 0 fully saturated rings.